The highest BCUT2D eigenvalue weighted by atomic mass is 16.5. The van der Waals surface area contributed by atoms with Gasteiger partial charge in [0, 0.05) is 31.7 Å². The number of nitrogens with one attached hydrogen (secondary N) is 1. The number of ether oxygens (including phenoxy) is 1. The smallest absolute Gasteiger partial charge is 0.251 e. The van der Waals surface area contributed by atoms with Gasteiger partial charge in [-0.2, -0.15) is 0 Å². The number of rotatable bonds is 7. The van der Waals surface area contributed by atoms with E-state index in [1.807, 2.05) is 36.4 Å². The van der Waals surface area contributed by atoms with Crippen molar-refractivity contribution in [2.75, 3.05) is 32.8 Å². The van der Waals surface area contributed by atoms with E-state index < -0.39 is 0 Å². The van der Waals surface area contributed by atoms with E-state index in [-0.39, 0.29) is 5.91 Å². The lowest BCUT2D eigenvalue weighted by molar-refractivity contribution is 0.0342. The molecule has 4 heteroatoms. The zero-order chi connectivity index (χ0) is 17.3. The molecule has 0 aromatic heterocycles. The molecule has 1 saturated heterocycles. The molecule has 132 valence electrons. The molecule has 0 radical (unpaired) electrons. The first kappa shape index (κ1) is 17.6. The highest BCUT2D eigenvalue weighted by molar-refractivity contribution is 5.94. The van der Waals surface area contributed by atoms with Crippen molar-refractivity contribution >= 4 is 5.91 Å². The van der Waals surface area contributed by atoms with E-state index in [9.17, 15) is 4.79 Å². The molecule has 0 saturated carbocycles. The molecule has 1 amide bonds. The number of carbonyl (C=O) groups is 1. The van der Waals surface area contributed by atoms with Gasteiger partial charge in [-0.05, 0) is 36.1 Å². The number of hydrogen-bond acceptors (Lipinski definition) is 3. The fourth-order valence-electron chi connectivity index (χ4n) is 3.07. The van der Waals surface area contributed by atoms with E-state index in [1.54, 1.807) is 0 Å². The van der Waals surface area contributed by atoms with Crippen LogP contribution >= 0.6 is 0 Å². The average molecular weight is 338 g/mol. The van der Waals surface area contributed by atoms with E-state index in [0.29, 0.717) is 6.54 Å². The lowest BCUT2D eigenvalue weighted by atomic mass is 10.1. The Morgan fingerprint density at radius 3 is 2.56 bits per heavy atom. The van der Waals surface area contributed by atoms with Crippen molar-refractivity contribution in [1.82, 2.24) is 10.2 Å². The Hall–Kier alpha value is -2.17. The van der Waals surface area contributed by atoms with Crippen LogP contribution < -0.4 is 5.32 Å². The van der Waals surface area contributed by atoms with Crippen LogP contribution in [-0.2, 0) is 17.7 Å². The molecule has 0 unspecified atom stereocenters. The molecular formula is C21H26N2O2. The predicted octanol–water partition coefficient (Wildman–Crippen LogP) is 2.88. The summed E-state index contributed by atoms with van der Waals surface area (Å²) in [6.45, 7) is 5.06. The number of amides is 1. The summed E-state index contributed by atoms with van der Waals surface area (Å²) in [4.78, 5) is 14.7. The van der Waals surface area contributed by atoms with Crippen molar-refractivity contribution in [1.29, 1.82) is 0 Å². The van der Waals surface area contributed by atoms with Crippen molar-refractivity contribution in [2.45, 2.75) is 19.4 Å². The van der Waals surface area contributed by atoms with Crippen molar-refractivity contribution in [3.05, 3.63) is 71.3 Å². The first-order valence-corrected chi connectivity index (χ1v) is 9.02. The molecule has 25 heavy (non-hydrogen) atoms. The highest BCUT2D eigenvalue weighted by Gasteiger charge is 2.12. The third kappa shape index (κ3) is 5.69. The summed E-state index contributed by atoms with van der Waals surface area (Å²) in [5, 5.41) is 3.03. The van der Waals surface area contributed by atoms with Crippen molar-refractivity contribution in [2.24, 2.45) is 0 Å². The van der Waals surface area contributed by atoms with Gasteiger partial charge in [-0.3, -0.25) is 9.69 Å². The SMILES string of the molecule is O=C(NCCCc1ccccc1)c1cccc(CN2CCOCC2)c1. The summed E-state index contributed by atoms with van der Waals surface area (Å²) in [5.41, 5.74) is 3.23. The zero-order valence-electron chi connectivity index (χ0n) is 14.6. The third-order valence-electron chi connectivity index (χ3n) is 4.47. The number of morpholine rings is 1. The maximum Gasteiger partial charge on any atom is 0.251 e. The van der Waals surface area contributed by atoms with E-state index in [4.69, 9.17) is 4.74 Å². The third-order valence-corrected chi connectivity index (χ3v) is 4.47. The monoisotopic (exact) mass is 338 g/mol. The fourth-order valence-corrected chi connectivity index (χ4v) is 3.07. The van der Waals surface area contributed by atoms with Crippen molar-refractivity contribution < 1.29 is 9.53 Å². The van der Waals surface area contributed by atoms with Gasteiger partial charge in [0.1, 0.15) is 0 Å². The van der Waals surface area contributed by atoms with E-state index in [0.717, 1.165) is 51.3 Å². The van der Waals surface area contributed by atoms with Crippen LogP contribution in [-0.4, -0.2) is 43.7 Å². The Morgan fingerprint density at radius 1 is 1.00 bits per heavy atom. The molecule has 3 rings (SSSR count). The molecule has 1 heterocycles. The van der Waals surface area contributed by atoms with Crippen LogP contribution in [0, 0.1) is 0 Å². The standard InChI is InChI=1S/C21H26N2O2/c24-21(22-11-5-9-18-6-2-1-3-7-18)20-10-4-8-19(16-20)17-23-12-14-25-15-13-23/h1-4,6-8,10,16H,5,9,11-15,17H2,(H,22,24). The first-order chi connectivity index (χ1) is 12.3. The van der Waals surface area contributed by atoms with Crippen LogP contribution in [0.2, 0.25) is 0 Å². The lowest BCUT2D eigenvalue weighted by Crippen LogP contribution is -2.35. The van der Waals surface area contributed by atoms with Gasteiger partial charge in [-0.25, -0.2) is 0 Å². The second kappa shape index (κ2) is 9.35. The number of aryl methyl sites for hydroxylation is 1. The Balaban J connectivity index is 1.45. The summed E-state index contributed by atoms with van der Waals surface area (Å²) in [5.74, 6) is 0.0110. The molecule has 1 fully saturated rings. The molecule has 0 atom stereocenters. The van der Waals surface area contributed by atoms with Gasteiger partial charge in [0.2, 0.25) is 0 Å². The number of carbonyl (C=O) groups excluding carboxylic acids is 1. The molecule has 4 nitrogen and oxygen atoms in total. The van der Waals surface area contributed by atoms with Crippen LogP contribution in [0.25, 0.3) is 0 Å². The summed E-state index contributed by atoms with van der Waals surface area (Å²) in [7, 11) is 0. The van der Waals surface area contributed by atoms with Gasteiger partial charge in [-0.1, -0.05) is 42.5 Å². The molecule has 1 aliphatic heterocycles. The minimum absolute atomic E-state index is 0.0110. The fraction of sp³-hybridized carbons (Fsp3) is 0.381. The average Bonchev–Trinajstić information content (AvgIpc) is 2.67. The Morgan fingerprint density at radius 2 is 1.76 bits per heavy atom. The minimum Gasteiger partial charge on any atom is -0.379 e. The van der Waals surface area contributed by atoms with Gasteiger partial charge in [-0.15, -0.1) is 0 Å². The van der Waals surface area contributed by atoms with Gasteiger partial charge in [0.15, 0.2) is 0 Å². The maximum atomic E-state index is 12.4. The maximum absolute atomic E-state index is 12.4. The second-order valence-corrected chi connectivity index (χ2v) is 6.43. The molecule has 2 aromatic carbocycles. The Labute approximate surface area is 149 Å². The van der Waals surface area contributed by atoms with Gasteiger partial charge in [0.25, 0.3) is 5.91 Å². The summed E-state index contributed by atoms with van der Waals surface area (Å²) >= 11 is 0. The molecular weight excluding hydrogens is 312 g/mol. The van der Waals surface area contributed by atoms with Crippen molar-refractivity contribution in [3.63, 3.8) is 0 Å². The van der Waals surface area contributed by atoms with E-state index in [1.165, 1.54) is 11.1 Å². The van der Waals surface area contributed by atoms with Gasteiger partial charge in [0.05, 0.1) is 13.2 Å². The molecule has 0 aliphatic carbocycles. The van der Waals surface area contributed by atoms with Gasteiger partial charge >= 0.3 is 0 Å². The van der Waals surface area contributed by atoms with Crippen LogP contribution in [0.1, 0.15) is 27.9 Å². The zero-order valence-corrected chi connectivity index (χ0v) is 14.6. The van der Waals surface area contributed by atoms with Crippen LogP contribution in [0.5, 0.6) is 0 Å². The number of benzene rings is 2. The first-order valence-electron chi connectivity index (χ1n) is 9.02. The number of hydrogen-bond donors (Lipinski definition) is 1. The highest BCUT2D eigenvalue weighted by Crippen LogP contribution is 2.10. The van der Waals surface area contributed by atoms with Crippen LogP contribution in [0.15, 0.2) is 54.6 Å². The Bertz CT molecular complexity index is 667. The van der Waals surface area contributed by atoms with Crippen LogP contribution in [0.4, 0.5) is 0 Å². The van der Waals surface area contributed by atoms with Crippen molar-refractivity contribution in [3.8, 4) is 0 Å². The predicted molar refractivity (Wildman–Crippen MR) is 99.6 cm³/mol. The van der Waals surface area contributed by atoms with Crippen LogP contribution in [0.3, 0.4) is 0 Å². The molecule has 1 N–H and O–H groups in total. The summed E-state index contributed by atoms with van der Waals surface area (Å²) in [6.07, 6.45) is 1.93. The summed E-state index contributed by atoms with van der Waals surface area (Å²) in [6, 6.07) is 18.3. The number of nitrogens with zero attached hydrogens (tertiary/aromatic N) is 1. The Kier molecular flexibility index (Phi) is 6.60. The second-order valence-electron chi connectivity index (χ2n) is 6.43. The van der Waals surface area contributed by atoms with E-state index >= 15 is 0 Å². The largest absolute Gasteiger partial charge is 0.379 e. The molecule has 0 bridgehead atoms. The molecule has 1 aliphatic rings. The van der Waals surface area contributed by atoms with E-state index in [2.05, 4.69) is 28.4 Å². The molecule has 2 aromatic rings. The topological polar surface area (TPSA) is 41.6 Å². The minimum atomic E-state index is 0.0110. The summed E-state index contributed by atoms with van der Waals surface area (Å²) < 4.78 is 5.38. The normalized spacial score (nSPS) is 15.0. The van der Waals surface area contributed by atoms with Gasteiger partial charge < -0.3 is 10.1 Å². The lowest BCUT2D eigenvalue weighted by Gasteiger charge is -2.26. The quantitative estimate of drug-likeness (QED) is 0.789. The molecule has 0 spiro atoms.